The zero-order chi connectivity index (χ0) is 14.7. The highest BCUT2D eigenvalue weighted by Crippen LogP contribution is 2.41. The average molecular weight is 288 g/mol. The van der Waals surface area contributed by atoms with Crippen LogP contribution in [0.1, 0.15) is 44.1 Å². The van der Waals surface area contributed by atoms with Crippen LogP contribution in [0, 0.1) is 0 Å². The maximum absolute atomic E-state index is 6.23. The van der Waals surface area contributed by atoms with Gasteiger partial charge in [0.1, 0.15) is 11.9 Å². The normalized spacial score (nSPS) is 23.3. The lowest BCUT2D eigenvalue weighted by Gasteiger charge is -2.31. The molecule has 2 fully saturated rings. The quantitative estimate of drug-likeness (QED) is 0.926. The first kappa shape index (κ1) is 14.9. The van der Waals surface area contributed by atoms with Crippen LogP contribution in [-0.4, -0.2) is 37.7 Å². The third-order valence-electron chi connectivity index (χ3n) is 5.37. The summed E-state index contributed by atoms with van der Waals surface area (Å²) in [5.41, 5.74) is 7.69. The van der Waals surface area contributed by atoms with Gasteiger partial charge in [-0.1, -0.05) is 25.0 Å². The molecule has 2 N–H and O–H groups in total. The van der Waals surface area contributed by atoms with Crippen LogP contribution in [0.3, 0.4) is 0 Å². The number of nitrogens with two attached hydrogens (primary N) is 1. The van der Waals surface area contributed by atoms with Gasteiger partial charge in [-0.15, -0.1) is 0 Å². The molecule has 3 nitrogen and oxygen atoms in total. The first-order valence-corrected chi connectivity index (χ1v) is 8.38. The standard InChI is InChI=1S/C18H28N2O/c1-20-11-7-16(8-12-20)21-17-6-4-5-15(13-17)18(14-19)9-2-3-10-18/h4-6,13,16H,2-3,7-12,14,19H2,1H3. The van der Waals surface area contributed by atoms with Gasteiger partial charge in [0, 0.05) is 25.0 Å². The van der Waals surface area contributed by atoms with E-state index in [2.05, 4.69) is 36.2 Å². The fourth-order valence-corrected chi connectivity index (χ4v) is 3.86. The Morgan fingerprint density at radius 2 is 1.95 bits per heavy atom. The largest absolute Gasteiger partial charge is 0.490 e. The highest BCUT2D eigenvalue weighted by molar-refractivity contribution is 5.35. The number of benzene rings is 1. The molecule has 3 rings (SSSR count). The van der Waals surface area contributed by atoms with Gasteiger partial charge >= 0.3 is 0 Å². The first-order valence-electron chi connectivity index (χ1n) is 8.38. The highest BCUT2D eigenvalue weighted by Gasteiger charge is 2.34. The third-order valence-corrected chi connectivity index (χ3v) is 5.37. The Morgan fingerprint density at radius 3 is 2.62 bits per heavy atom. The van der Waals surface area contributed by atoms with E-state index in [0.29, 0.717) is 6.10 Å². The third kappa shape index (κ3) is 3.24. The summed E-state index contributed by atoms with van der Waals surface area (Å²) in [6.07, 6.45) is 7.68. The maximum atomic E-state index is 6.23. The van der Waals surface area contributed by atoms with E-state index in [9.17, 15) is 0 Å². The van der Waals surface area contributed by atoms with Gasteiger partial charge in [0.05, 0.1) is 0 Å². The summed E-state index contributed by atoms with van der Waals surface area (Å²) in [7, 11) is 2.18. The van der Waals surface area contributed by atoms with Crippen molar-refractivity contribution in [2.75, 3.05) is 26.7 Å². The highest BCUT2D eigenvalue weighted by atomic mass is 16.5. The maximum Gasteiger partial charge on any atom is 0.120 e. The van der Waals surface area contributed by atoms with Crippen LogP contribution < -0.4 is 10.5 Å². The summed E-state index contributed by atoms with van der Waals surface area (Å²) < 4.78 is 6.23. The zero-order valence-corrected chi connectivity index (χ0v) is 13.2. The second-order valence-corrected chi connectivity index (χ2v) is 6.84. The molecule has 0 amide bonds. The van der Waals surface area contributed by atoms with Crippen LogP contribution in [0.5, 0.6) is 5.75 Å². The second kappa shape index (κ2) is 6.37. The molecule has 1 saturated heterocycles. The van der Waals surface area contributed by atoms with Gasteiger partial charge in [-0.3, -0.25) is 0 Å². The Kier molecular flexibility index (Phi) is 4.51. The lowest BCUT2D eigenvalue weighted by molar-refractivity contribution is 0.114. The first-order chi connectivity index (χ1) is 10.2. The number of ether oxygens (including phenoxy) is 1. The molecule has 1 heterocycles. The molecule has 0 radical (unpaired) electrons. The van der Waals surface area contributed by atoms with Crippen molar-refractivity contribution in [2.24, 2.45) is 5.73 Å². The van der Waals surface area contributed by atoms with Crippen LogP contribution in [0.2, 0.25) is 0 Å². The minimum atomic E-state index is 0.201. The molecule has 0 unspecified atom stereocenters. The molecular formula is C18H28N2O. The van der Waals surface area contributed by atoms with Gasteiger partial charge in [0.15, 0.2) is 0 Å². The molecule has 1 aliphatic carbocycles. The van der Waals surface area contributed by atoms with Crippen molar-refractivity contribution in [1.29, 1.82) is 0 Å². The molecule has 1 aromatic carbocycles. The lowest BCUT2D eigenvalue weighted by atomic mass is 9.79. The molecule has 1 saturated carbocycles. The Bertz CT molecular complexity index is 460. The van der Waals surface area contributed by atoms with E-state index < -0.39 is 0 Å². The number of likely N-dealkylation sites (tertiary alicyclic amines) is 1. The van der Waals surface area contributed by atoms with Crippen LogP contribution in [0.25, 0.3) is 0 Å². The molecule has 0 atom stereocenters. The van der Waals surface area contributed by atoms with Crippen LogP contribution in [0.15, 0.2) is 24.3 Å². The minimum Gasteiger partial charge on any atom is -0.490 e. The van der Waals surface area contributed by atoms with Crippen LogP contribution >= 0.6 is 0 Å². The number of hydrogen-bond acceptors (Lipinski definition) is 3. The summed E-state index contributed by atoms with van der Waals surface area (Å²) >= 11 is 0. The average Bonchev–Trinajstić information content (AvgIpc) is 3.00. The zero-order valence-electron chi connectivity index (χ0n) is 13.2. The van der Waals surface area contributed by atoms with E-state index in [-0.39, 0.29) is 5.41 Å². The summed E-state index contributed by atoms with van der Waals surface area (Å²) in [5.74, 6) is 1.03. The summed E-state index contributed by atoms with van der Waals surface area (Å²) in [6.45, 7) is 3.03. The Hall–Kier alpha value is -1.06. The molecule has 1 aliphatic heterocycles. The van der Waals surface area contributed by atoms with Crippen molar-refractivity contribution in [2.45, 2.75) is 50.0 Å². The number of hydrogen-bond donors (Lipinski definition) is 1. The van der Waals surface area contributed by atoms with Crippen molar-refractivity contribution < 1.29 is 4.74 Å². The number of nitrogens with zero attached hydrogens (tertiary/aromatic N) is 1. The Labute approximate surface area is 128 Å². The number of piperidine rings is 1. The summed E-state index contributed by atoms with van der Waals surface area (Å²) in [4.78, 5) is 2.37. The smallest absolute Gasteiger partial charge is 0.120 e. The van der Waals surface area contributed by atoms with E-state index in [1.165, 1.54) is 31.2 Å². The molecule has 0 bridgehead atoms. The Balaban J connectivity index is 1.71. The summed E-state index contributed by atoms with van der Waals surface area (Å²) in [6, 6.07) is 8.71. The SMILES string of the molecule is CN1CCC(Oc2cccc(C3(CN)CCCC3)c2)CC1. The number of rotatable bonds is 4. The molecule has 116 valence electrons. The Morgan fingerprint density at radius 1 is 1.24 bits per heavy atom. The van der Waals surface area contributed by atoms with Gasteiger partial charge in [-0.05, 0) is 50.4 Å². The fourth-order valence-electron chi connectivity index (χ4n) is 3.86. The molecule has 0 spiro atoms. The van der Waals surface area contributed by atoms with Crippen LogP contribution in [0.4, 0.5) is 0 Å². The van der Waals surface area contributed by atoms with E-state index >= 15 is 0 Å². The van der Waals surface area contributed by atoms with Gasteiger partial charge in [-0.25, -0.2) is 0 Å². The summed E-state index contributed by atoms with van der Waals surface area (Å²) in [5, 5.41) is 0. The van der Waals surface area contributed by atoms with Crippen molar-refractivity contribution in [3.8, 4) is 5.75 Å². The minimum absolute atomic E-state index is 0.201. The van der Waals surface area contributed by atoms with Crippen molar-refractivity contribution in [3.05, 3.63) is 29.8 Å². The second-order valence-electron chi connectivity index (χ2n) is 6.84. The van der Waals surface area contributed by atoms with Gasteiger partial charge < -0.3 is 15.4 Å². The topological polar surface area (TPSA) is 38.5 Å². The molecular weight excluding hydrogens is 260 g/mol. The van der Waals surface area contributed by atoms with Gasteiger partial charge in [0.25, 0.3) is 0 Å². The fraction of sp³-hybridized carbons (Fsp3) is 0.667. The van der Waals surface area contributed by atoms with E-state index in [1.807, 2.05) is 0 Å². The monoisotopic (exact) mass is 288 g/mol. The van der Waals surface area contributed by atoms with Crippen LogP contribution in [-0.2, 0) is 5.41 Å². The van der Waals surface area contributed by atoms with E-state index in [1.54, 1.807) is 0 Å². The van der Waals surface area contributed by atoms with Crippen molar-refractivity contribution in [3.63, 3.8) is 0 Å². The molecule has 0 aromatic heterocycles. The predicted octanol–water partition coefficient (Wildman–Crippen LogP) is 2.93. The van der Waals surface area contributed by atoms with Gasteiger partial charge in [0.2, 0.25) is 0 Å². The molecule has 2 aliphatic rings. The van der Waals surface area contributed by atoms with Crippen molar-refractivity contribution in [1.82, 2.24) is 4.90 Å². The van der Waals surface area contributed by atoms with E-state index in [4.69, 9.17) is 10.5 Å². The van der Waals surface area contributed by atoms with Gasteiger partial charge in [-0.2, -0.15) is 0 Å². The molecule has 3 heteroatoms. The molecule has 1 aromatic rings. The predicted molar refractivity (Wildman–Crippen MR) is 86.8 cm³/mol. The molecule has 21 heavy (non-hydrogen) atoms. The lowest BCUT2D eigenvalue weighted by Crippen LogP contribution is -2.35. The van der Waals surface area contributed by atoms with E-state index in [0.717, 1.165) is 38.2 Å². The van der Waals surface area contributed by atoms with Crippen molar-refractivity contribution >= 4 is 0 Å².